The molecule has 0 aliphatic carbocycles. The fourth-order valence-corrected chi connectivity index (χ4v) is 3.14. The molecule has 0 fully saturated rings. The van der Waals surface area contributed by atoms with Crippen LogP contribution in [0.2, 0.25) is 0 Å². The van der Waals surface area contributed by atoms with Crippen LogP contribution in [0.1, 0.15) is 117 Å². The summed E-state index contributed by atoms with van der Waals surface area (Å²) in [5.41, 5.74) is 0.601. The maximum Gasteiger partial charge on any atom is 0.331 e. The highest BCUT2D eigenvalue weighted by atomic mass is 16.4. The Morgan fingerprint density at radius 1 is 0.792 bits per heavy atom. The quantitative estimate of drug-likeness (QED) is 0.220. The molecule has 0 rings (SSSR count). The third kappa shape index (κ3) is 16.1. The lowest BCUT2D eigenvalue weighted by molar-refractivity contribution is -0.132. The fourth-order valence-electron chi connectivity index (χ4n) is 3.14. The molecule has 0 saturated heterocycles. The van der Waals surface area contributed by atoms with Crippen molar-refractivity contribution in [1.29, 1.82) is 0 Å². The largest absolute Gasteiger partial charge is 0.478 e. The summed E-state index contributed by atoms with van der Waals surface area (Å²) in [7, 11) is 0. The average Bonchev–Trinajstić information content (AvgIpc) is 2.53. The molecule has 24 heavy (non-hydrogen) atoms. The number of carbonyl (C=O) groups is 1. The summed E-state index contributed by atoms with van der Waals surface area (Å²) in [5.74, 6) is -0.322. The summed E-state index contributed by atoms with van der Waals surface area (Å²) in [6, 6.07) is 0. The number of allylic oxidation sites excluding steroid dienone is 1. The van der Waals surface area contributed by atoms with Crippen molar-refractivity contribution in [2.75, 3.05) is 0 Å². The van der Waals surface area contributed by atoms with E-state index in [2.05, 4.69) is 20.8 Å². The zero-order chi connectivity index (χ0) is 18.0. The van der Waals surface area contributed by atoms with Crippen molar-refractivity contribution in [2.45, 2.75) is 117 Å². The molecule has 0 saturated carbocycles. The molecule has 0 spiro atoms. The lowest BCUT2D eigenvalue weighted by Crippen LogP contribution is -2.03. The molecule has 1 N–H and O–H groups in total. The molecule has 0 aromatic rings. The Morgan fingerprint density at radius 2 is 1.21 bits per heavy atom. The molecule has 0 aromatic carbocycles. The molecule has 0 aromatic heterocycles. The third-order valence-electron chi connectivity index (χ3n) is 4.60. The maximum absolute atomic E-state index is 11.1. The Labute approximate surface area is 151 Å². The number of unbranched alkanes of at least 4 members (excludes halogenated alkanes) is 13. The van der Waals surface area contributed by atoms with Gasteiger partial charge in [0.2, 0.25) is 0 Å². The first kappa shape index (κ1) is 23.2. The lowest BCUT2D eigenvalue weighted by atomic mass is 10.0. The maximum atomic E-state index is 11.1. The number of carboxylic acid groups (broad SMARTS) is 1. The van der Waals surface area contributed by atoms with Crippen LogP contribution < -0.4 is 0 Å². The Morgan fingerprint density at radius 3 is 1.58 bits per heavy atom. The van der Waals surface area contributed by atoms with Gasteiger partial charge in [0.15, 0.2) is 0 Å². The van der Waals surface area contributed by atoms with E-state index in [1.54, 1.807) is 0 Å². The molecule has 0 aliphatic rings. The van der Waals surface area contributed by atoms with Crippen LogP contribution in [-0.4, -0.2) is 11.1 Å². The number of aliphatic carboxylic acids is 1. The lowest BCUT2D eigenvalue weighted by Gasteiger charge is -2.06. The molecule has 0 unspecified atom stereocenters. The molecule has 0 atom stereocenters. The smallest absolute Gasteiger partial charge is 0.331 e. The number of rotatable bonds is 17. The van der Waals surface area contributed by atoms with Gasteiger partial charge in [0.1, 0.15) is 0 Å². The first-order chi connectivity index (χ1) is 11.6. The SMILES string of the molecule is CCCCCCCCCCCCCCC/C=C(\CC(C)C)C(=O)O. The Bertz CT molecular complexity index is 318. The Hall–Kier alpha value is -0.790. The van der Waals surface area contributed by atoms with Gasteiger partial charge < -0.3 is 5.11 Å². The second kappa shape index (κ2) is 17.0. The minimum absolute atomic E-state index is 0.416. The van der Waals surface area contributed by atoms with E-state index in [9.17, 15) is 4.79 Å². The van der Waals surface area contributed by atoms with Gasteiger partial charge in [0.05, 0.1) is 0 Å². The van der Waals surface area contributed by atoms with Gasteiger partial charge >= 0.3 is 5.97 Å². The second-order valence-corrected chi connectivity index (χ2v) is 7.66. The summed E-state index contributed by atoms with van der Waals surface area (Å²) in [6.45, 7) is 6.41. The van der Waals surface area contributed by atoms with Crippen molar-refractivity contribution in [1.82, 2.24) is 0 Å². The van der Waals surface area contributed by atoms with Gasteiger partial charge in [-0.05, 0) is 25.2 Å². The molecule has 0 aliphatic heterocycles. The summed E-state index contributed by atoms with van der Waals surface area (Å²) in [6.07, 6.45) is 21.2. The monoisotopic (exact) mass is 338 g/mol. The van der Waals surface area contributed by atoms with Gasteiger partial charge in [-0.1, -0.05) is 104 Å². The summed E-state index contributed by atoms with van der Waals surface area (Å²) in [5, 5.41) is 9.16. The number of carboxylic acids is 1. The van der Waals surface area contributed by atoms with Gasteiger partial charge in [-0.15, -0.1) is 0 Å². The Balaban J connectivity index is 3.39. The molecule has 2 nitrogen and oxygen atoms in total. The predicted molar refractivity (Wildman–Crippen MR) is 105 cm³/mol. The fraction of sp³-hybridized carbons (Fsp3) is 0.864. The minimum Gasteiger partial charge on any atom is -0.478 e. The van der Waals surface area contributed by atoms with Gasteiger partial charge in [-0.2, -0.15) is 0 Å². The average molecular weight is 339 g/mol. The number of hydrogen-bond acceptors (Lipinski definition) is 1. The van der Waals surface area contributed by atoms with E-state index in [0.717, 1.165) is 12.8 Å². The highest BCUT2D eigenvalue weighted by Gasteiger charge is 2.08. The van der Waals surface area contributed by atoms with Crippen LogP contribution in [0.4, 0.5) is 0 Å². The number of hydrogen-bond donors (Lipinski definition) is 1. The first-order valence-electron chi connectivity index (χ1n) is 10.5. The molecular formula is C22H42O2. The van der Waals surface area contributed by atoms with Crippen molar-refractivity contribution >= 4 is 5.97 Å². The van der Waals surface area contributed by atoms with Gasteiger partial charge in [0.25, 0.3) is 0 Å². The van der Waals surface area contributed by atoms with E-state index in [1.165, 1.54) is 77.0 Å². The third-order valence-corrected chi connectivity index (χ3v) is 4.60. The van der Waals surface area contributed by atoms with E-state index in [4.69, 9.17) is 5.11 Å². The summed E-state index contributed by atoms with van der Waals surface area (Å²) < 4.78 is 0. The van der Waals surface area contributed by atoms with Crippen LogP contribution in [0.5, 0.6) is 0 Å². The Kier molecular flexibility index (Phi) is 16.5. The standard InChI is InChI=1S/C22H42O2/c1-4-5-6-7-8-9-10-11-12-13-14-15-16-17-18-21(22(23)24)19-20(2)3/h18,20H,4-17,19H2,1-3H3,(H,23,24)/b21-18+. The van der Waals surface area contributed by atoms with Gasteiger partial charge in [-0.3, -0.25) is 0 Å². The summed E-state index contributed by atoms with van der Waals surface area (Å²) >= 11 is 0. The highest BCUT2D eigenvalue weighted by molar-refractivity contribution is 5.86. The van der Waals surface area contributed by atoms with Gasteiger partial charge in [-0.25, -0.2) is 4.79 Å². The molecule has 0 amide bonds. The van der Waals surface area contributed by atoms with Gasteiger partial charge in [0, 0.05) is 5.57 Å². The molecule has 0 bridgehead atoms. The second-order valence-electron chi connectivity index (χ2n) is 7.66. The topological polar surface area (TPSA) is 37.3 Å². The molecular weight excluding hydrogens is 296 g/mol. The molecule has 0 radical (unpaired) electrons. The zero-order valence-electron chi connectivity index (χ0n) is 16.6. The van der Waals surface area contributed by atoms with E-state index in [0.29, 0.717) is 17.9 Å². The van der Waals surface area contributed by atoms with Crippen LogP contribution in [0.3, 0.4) is 0 Å². The summed E-state index contributed by atoms with van der Waals surface area (Å²) in [4.78, 5) is 11.1. The van der Waals surface area contributed by atoms with E-state index >= 15 is 0 Å². The van der Waals surface area contributed by atoms with Crippen molar-refractivity contribution in [3.05, 3.63) is 11.6 Å². The zero-order valence-corrected chi connectivity index (χ0v) is 16.6. The molecule has 2 heteroatoms. The van der Waals surface area contributed by atoms with Crippen LogP contribution in [0.15, 0.2) is 11.6 Å². The highest BCUT2D eigenvalue weighted by Crippen LogP contribution is 2.15. The molecule has 0 heterocycles. The first-order valence-corrected chi connectivity index (χ1v) is 10.5. The van der Waals surface area contributed by atoms with Crippen LogP contribution >= 0.6 is 0 Å². The van der Waals surface area contributed by atoms with Crippen molar-refractivity contribution in [3.63, 3.8) is 0 Å². The van der Waals surface area contributed by atoms with E-state index < -0.39 is 5.97 Å². The minimum atomic E-state index is -0.738. The van der Waals surface area contributed by atoms with Crippen LogP contribution in [0.25, 0.3) is 0 Å². The predicted octanol–water partition coefficient (Wildman–Crippen LogP) is 7.52. The van der Waals surface area contributed by atoms with Crippen molar-refractivity contribution < 1.29 is 9.90 Å². The normalized spacial score (nSPS) is 12.1. The van der Waals surface area contributed by atoms with Crippen LogP contribution in [-0.2, 0) is 4.79 Å². The van der Waals surface area contributed by atoms with E-state index in [1.807, 2.05) is 6.08 Å². The molecule has 142 valence electrons. The van der Waals surface area contributed by atoms with E-state index in [-0.39, 0.29) is 0 Å². The van der Waals surface area contributed by atoms with Crippen LogP contribution in [0, 0.1) is 5.92 Å². The van der Waals surface area contributed by atoms with Crippen molar-refractivity contribution in [3.8, 4) is 0 Å². The van der Waals surface area contributed by atoms with Crippen molar-refractivity contribution in [2.24, 2.45) is 5.92 Å².